The van der Waals surface area contributed by atoms with Crippen LogP contribution in [-0.4, -0.2) is 19.3 Å². The first kappa shape index (κ1) is 11.7. The molecule has 1 heterocycles. The van der Waals surface area contributed by atoms with Gasteiger partial charge in [0.05, 0.1) is 11.7 Å². The van der Waals surface area contributed by atoms with Gasteiger partial charge in [-0.1, -0.05) is 0 Å². The highest BCUT2D eigenvalue weighted by atomic mass is 16.5. The minimum absolute atomic E-state index is 0.146. The fourth-order valence-electron chi connectivity index (χ4n) is 1.88. The SMILES string of the molecule is N#Cc1cc(N)ccc1OCC1CCCCO1. The molecule has 4 nitrogen and oxygen atoms in total. The molecule has 1 aliphatic heterocycles. The fraction of sp³-hybridized carbons (Fsp3) is 0.462. The molecule has 0 amide bonds. The van der Waals surface area contributed by atoms with Crippen LogP contribution in [0.15, 0.2) is 18.2 Å². The highest BCUT2D eigenvalue weighted by Crippen LogP contribution is 2.22. The van der Waals surface area contributed by atoms with Crippen LogP contribution in [0.2, 0.25) is 0 Å². The molecule has 0 saturated carbocycles. The van der Waals surface area contributed by atoms with E-state index in [4.69, 9.17) is 20.5 Å². The van der Waals surface area contributed by atoms with Crippen LogP contribution in [0.1, 0.15) is 24.8 Å². The first-order chi connectivity index (χ1) is 8.29. The Labute approximate surface area is 101 Å². The van der Waals surface area contributed by atoms with Gasteiger partial charge in [0.2, 0.25) is 0 Å². The van der Waals surface area contributed by atoms with Crippen LogP contribution in [0.5, 0.6) is 5.75 Å². The van der Waals surface area contributed by atoms with Crippen LogP contribution < -0.4 is 10.5 Å². The molecule has 2 N–H and O–H groups in total. The summed E-state index contributed by atoms with van der Waals surface area (Å²) in [6, 6.07) is 7.17. The molecule has 4 heteroatoms. The molecule has 1 aliphatic rings. The largest absolute Gasteiger partial charge is 0.489 e. The van der Waals surface area contributed by atoms with Crippen LogP contribution in [-0.2, 0) is 4.74 Å². The van der Waals surface area contributed by atoms with E-state index in [9.17, 15) is 0 Å². The summed E-state index contributed by atoms with van der Waals surface area (Å²) < 4.78 is 11.2. The topological polar surface area (TPSA) is 68.3 Å². The van der Waals surface area contributed by atoms with E-state index in [1.807, 2.05) is 0 Å². The molecule has 1 fully saturated rings. The van der Waals surface area contributed by atoms with E-state index >= 15 is 0 Å². The van der Waals surface area contributed by atoms with E-state index in [1.165, 1.54) is 6.42 Å². The van der Waals surface area contributed by atoms with Crippen molar-refractivity contribution >= 4 is 5.69 Å². The number of benzene rings is 1. The molecule has 0 aliphatic carbocycles. The van der Waals surface area contributed by atoms with E-state index in [-0.39, 0.29) is 6.10 Å². The van der Waals surface area contributed by atoms with Gasteiger partial charge in [0.25, 0.3) is 0 Å². The summed E-state index contributed by atoms with van der Waals surface area (Å²) in [5.41, 5.74) is 6.66. The smallest absolute Gasteiger partial charge is 0.137 e. The van der Waals surface area contributed by atoms with E-state index < -0.39 is 0 Å². The van der Waals surface area contributed by atoms with Crippen molar-refractivity contribution in [2.75, 3.05) is 18.9 Å². The molecule has 1 unspecified atom stereocenters. The van der Waals surface area contributed by atoms with Gasteiger partial charge in [-0.2, -0.15) is 5.26 Å². The molecule has 0 spiro atoms. The minimum atomic E-state index is 0.146. The summed E-state index contributed by atoms with van der Waals surface area (Å²) in [5, 5.41) is 8.96. The van der Waals surface area contributed by atoms with Gasteiger partial charge in [0.15, 0.2) is 0 Å². The second-order valence-electron chi connectivity index (χ2n) is 4.17. The van der Waals surface area contributed by atoms with Gasteiger partial charge in [-0.05, 0) is 37.5 Å². The number of rotatable bonds is 3. The number of nitrogens with two attached hydrogens (primary N) is 1. The van der Waals surface area contributed by atoms with Gasteiger partial charge >= 0.3 is 0 Å². The summed E-state index contributed by atoms with van der Waals surface area (Å²) in [6.45, 7) is 1.31. The average molecular weight is 232 g/mol. The Balaban J connectivity index is 1.96. The molecular weight excluding hydrogens is 216 g/mol. The Morgan fingerprint density at radius 2 is 2.35 bits per heavy atom. The van der Waals surface area contributed by atoms with Crippen LogP contribution in [0.3, 0.4) is 0 Å². The number of hydrogen-bond acceptors (Lipinski definition) is 4. The summed E-state index contributed by atoms with van der Waals surface area (Å²) in [6.07, 6.45) is 3.48. The third-order valence-electron chi connectivity index (χ3n) is 2.82. The van der Waals surface area contributed by atoms with Crippen molar-refractivity contribution in [3.8, 4) is 11.8 Å². The zero-order chi connectivity index (χ0) is 12.1. The second kappa shape index (κ2) is 5.55. The monoisotopic (exact) mass is 232 g/mol. The molecular formula is C13H16N2O2. The number of nitrogens with zero attached hydrogens (tertiary/aromatic N) is 1. The van der Waals surface area contributed by atoms with Gasteiger partial charge in [0, 0.05) is 12.3 Å². The normalized spacial score (nSPS) is 19.6. The first-order valence-corrected chi connectivity index (χ1v) is 5.83. The highest BCUT2D eigenvalue weighted by molar-refractivity contribution is 5.53. The van der Waals surface area contributed by atoms with Gasteiger partial charge in [-0.15, -0.1) is 0 Å². The molecule has 0 bridgehead atoms. The van der Waals surface area contributed by atoms with Gasteiger partial charge in [-0.3, -0.25) is 0 Å². The Hall–Kier alpha value is -1.73. The lowest BCUT2D eigenvalue weighted by Crippen LogP contribution is -2.25. The summed E-state index contributed by atoms with van der Waals surface area (Å²) in [7, 11) is 0. The molecule has 2 rings (SSSR count). The van der Waals surface area contributed by atoms with E-state index in [0.29, 0.717) is 23.6 Å². The molecule has 0 radical (unpaired) electrons. The number of anilines is 1. The third kappa shape index (κ3) is 3.11. The van der Waals surface area contributed by atoms with Crippen LogP contribution >= 0.6 is 0 Å². The Morgan fingerprint density at radius 1 is 1.47 bits per heavy atom. The summed E-state index contributed by atoms with van der Waals surface area (Å²) >= 11 is 0. The highest BCUT2D eigenvalue weighted by Gasteiger charge is 2.15. The van der Waals surface area contributed by atoms with Gasteiger partial charge < -0.3 is 15.2 Å². The molecule has 1 aromatic carbocycles. The quantitative estimate of drug-likeness (QED) is 0.810. The van der Waals surface area contributed by atoms with Crippen molar-refractivity contribution in [3.63, 3.8) is 0 Å². The van der Waals surface area contributed by atoms with Gasteiger partial charge in [-0.25, -0.2) is 0 Å². The van der Waals surface area contributed by atoms with E-state index in [1.54, 1.807) is 18.2 Å². The maximum Gasteiger partial charge on any atom is 0.137 e. The summed E-state index contributed by atoms with van der Waals surface area (Å²) in [4.78, 5) is 0. The number of hydrogen-bond donors (Lipinski definition) is 1. The van der Waals surface area contributed by atoms with Crippen molar-refractivity contribution in [3.05, 3.63) is 23.8 Å². The predicted molar refractivity (Wildman–Crippen MR) is 64.7 cm³/mol. The number of ether oxygens (including phenoxy) is 2. The van der Waals surface area contributed by atoms with Crippen LogP contribution in [0.25, 0.3) is 0 Å². The molecule has 0 aromatic heterocycles. The minimum Gasteiger partial charge on any atom is -0.489 e. The lowest BCUT2D eigenvalue weighted by Gasteiger charge is -2.22. The maximum absolute atomic E-state index is 8.96. The van der Waals surface area contributed by atoms with E-state index in [2.05, 4.69) is 6.07 Å². The lowest BCUT2D eigenvalue weighted by molar-refractivity contribution is -0.0111. The average Bonchev–Trinajstić information content (AvgIpc) is 2.38. The van der Waals surface area contributed by atoms with E-state index in [0.717, 1.165) is 19.4 Å². The zero-order valence-corrected chi connectivity index (χ0v) is 9.69. The molecule has 1 atom stereocenters. The van der Waals surface area contributed by atoms with Crippen molar-refractivity contribution in [2.45, 2.75) is 25.4 Å². The second-order valence-corrected chi connectivity index (χ2v) is 4.17. The first-order valence-electron chi connectivity index (χ1n) is 5.83. The third-order valence-corrected chi connectivity index (χ3v) is 2.82. The molecule has 1 saturated heterocycles. The summed E-state index contributed by atoms with van der Waals surface area (Å²) in [5.74, 6) is 0.580. The molecule has 90 valence electrons. The predicted octanol–water partition coefficient (Wildman–Crippen LogP) is 2.09. The fourth-order valence-corrected chi connectivity index (χ4v) is 1.88. The Kier molecular flexibility index (Phi) is 3.84. The molecule has 17 heavy (non-hydrogen) atoms. The number of nitrogen functional groups attached to an aromatic ring is 1. The van der Waals surface area contributed by atoms with Gasteiger partial charge in [0.1, 0.15) is 18.4 Å². The van der Waals surface area contributed by atoms with Crippen LogP contribution in [0, 0.1) is 11.3 Å². The number of nitriles is 1. The Morgan fingerprint density at radius 3 is 3.06 bits per heavy atom. The van der Waals surface area contributed by atoms with Crippen molar-refractivity contribution in [2.24, 2.45) is 0 Å². The molecule has 1 aromatic rings. The van der Waals surface area contributed by atoms with Crippen molar-refractivity contribution in [1.29, 1.82) is 5.26 Å². The zero-order valence-electron chi connectivity index (χ0n) is 9.69. The van der Waals surface area contributed by atoms with Crippen molar-refractivity contribution < 1.29 is 9.47 Å². The Bertz CT molecular complexity index is 420. The van der Waals surface area contributed by atoms with Crippen LogP contribution in [0.4, 0.5) is 5.69 Å². The maximum atomic E-state index is 8.96. The lowest BCUT2D eigenvalue weighted by atomic mass is 10.1. The standard InChI is InChI=1S/C13H16N2O2/c14-8-10-7-11(15)4-5-13(10)17-9-12-3-1-2-6-16-12/h4-5,7,12H,1-3,6,9,15H2. The van der Waals surface area contributed by atoms with Crippen molar-refractivity contribution in [1.82, 2.24) is 0 Å².